The van der Waals surface area contributed by atoms with Gasteiger partial charge in [0.05, 0.1) is 12.1 Å². The molecule has 0 saturated heterocycles. The van der Waals surface area contributed by atoms with Gasteiger partial charge in [0.25, 0.3) is 0 Å². The smallest absolute Gasteiger partial charge is 0.321 e. The molecule has 0 unspecified atom stereocenters. The van der Waals surface area contributed by atoms with Crippen molar-refractivity contribution in [2.75, 3.05) is 0 Å². The molecule has 0 aliphatic carbocycles. The first kappa shape index (κ1) is 19.7. The largest absolute Gasteiger partial charge is 0.480 e. The number of benzene rings is 1. The second-order valence-corrected chi connectivity index (χ2v) is 6.68. The Morgan fingerprint density at radius 1 is 1.12 bits per heavy atom. The summed E-state index contributed by atoms with van der Waals surface area (Å²) in [6.45, 7) is 3.77. The van der Waals surface area contributed by atoms with Crippen LogP contribution in [0.25, 0.3) is 0 Å². The summed E-state index contributed by atoms with van der Waals surface area (Å²) in [6, 6.07) is 7.71. The Bertz CT molecular complexity index is 727. The van der Waals surface area contributed by atoms with Crippen LogP contribution in [0.3, 0.4) is 0 Å². The van der Waals surface area contributed by atoms with Crippen molar-refractivity contribution in [3.05, 3.63) is 53.7 Å². The number of hydrogen-bond acceptors (Lipinski definition) is 5. The Hall–Kier alpha value is -2.67. The van der Waals surface area contributed by atoms with Crippen molar-refractivity contribution >= 4 is 11.9 Å². The SMILES string of the molecule is CC(C)C[C@H](N[C@@H](Cc1nc(Cc2ccccc2)co1)C(=O)O)C(=O)O. The molecule has 0 saturated carbocycles. The Balaban J connectivity index is 2.03. The highest BCUT2D eigenvalue weighted by Gasteiger charge is 2.28. The maximum absolute atomic E-state index is 11.5. The van der Waals surface area contributed by atoms with Gasteiger partial charge in [0, 0.05) is 6.42 Å². The second-order valence-electron chi connectivity index (χ2n) is 6.68. The first-order valence-electron chi connectivity index (χ1n) is 8.54. The van der Waals surface area contributed by atoms with E-state index in [0.717, 1.165) is 5.56 Å². The highest BCUT2D eigenvalue weighted by molar-refractivity contribution is 5.77. The number of carboxylic acid groups (broad SMARTS) is 2. The fourth-order valence-electron chi connectivity index (χ4n) is 2.68. The summed E-state index contributed by atoms with van der Waals surface area (Å²) in [5, 5.41) is 21.4. The van der Waals surface area contributed by atoms with Crippen molar-refractivity contribution in [3.8, 4) is 0 Å². The number of aromatic nitrogens is 1. The van der Waals surface area contributed by atoms with Gasteiger partial charge in [-0.15, -0.1) is 0 Å². The van der Waals surface area contributed by atoms with E-state index in [1.165, 1.54) is 6.26 Å². The van der Waals surface area contributed by atoms with Gasteiger partial charge in [0.2, 0.25) is 0 Å². The summed E-state index contributed by atoms with van der Waals surface area (Å²) in [5.74, 6) is -1.81. The number of hydrogen-bond donors (Lipinski definition) is 3. The molecule has 2 rings (SSSR count). The van der Waals surface area contributed by atoms with Crippen molar-refractivity contribution in [3.63, 3.8) is 0 Å². The number of carboxylic acids is 2. The van der Waals surface area contributed by atoms with E-state index in [4.69, 9.17) is 4.42 Å². The van der Waals surface area contributed by atoms with Gasteiger partial charge in [-0.05, 0) is 17.9 Å². The first-order chi connectivity index (χ1) is 12.3. The zero-order valence-corrected chi connectivity index (χ0v) is 14.9. The van der Waals surface area contributed by atoms with E-state index in [-0.39, 0.29) is 18.2 Å². The van der Waals surface area contributed by atoms with Crippen LogP contribution in [0.5, 0.6) is 0 Å². The average molecular weight is 360 g/mol. The summed E-state index contributed by atoms with van der Waals surface area (Å²) in [4.78, 5) is 27.2. The molecule has 26 heavy (non-hydrogen) atoms. The van der Waals surface area contributed by atoms with E-state index in [2.05, 4.69) is 10.3 Å². The van der Waals surface area contributed by atoms with Crippen molar-refractivity contribution in [1.29, 1.82) is 0 Å². The van der Waals surface area contributed by atoms with E-state index in [1.54, 1.807) is 0 Å². The average Bonchev–Trinajstić information content (AvgIpc) is 3.00. The molecule has 1 aromatic heterocycles. The van der Waals surface area contributed by atoms with Crippen molar-refractivity contribution in [1.82, 2.24) is 10.3 Å². The lowest BCUT2D eigenvalue weighted by Gasteiger charge is -2.20. The number of aliphatic carboxylic acids is 2. The second kappa shape index (κ2) is 9.15. The molecular formula is C19H24N2O5. The van der Waals surface area contributed by atoms with Gasteiger partial charge in [0.15, 0.2) is 5.89 Å². The molecule has 0 radical (unpaired) electrons. The first-order valence-corrected chi connectivity index (χ1v) is 8.54. The molecule has 7 heteroatoms. The summed E-state index contributed by atoms with van der Waals surface area (Å²) in [6.07, 6.45) is 2.40. The van der Waals surface area contributed by atoms with E-state index in [9.17, 15) is 19.8 Å². The molecule has 140 valence electrons. The molecule has 2 aromatic rings. The highest BCUT2D eigenvalue weighted by atomic mass is 16.4. The van der Waals surface area contributed by atoms with Crippen LogP contribution < -0.4 is 5.32 Å². The topological polar surface area (TPSA) is 113 Å². The van der Waals surface area contributed by atoms with Gasteiger partial charge in [-0.25, -0.2) is 4.98 Å². The molecule has 0 fully saturated rings. The number of oxazole rings is 1. The minimum atomic E-state index is -1.14. The molecule has 7 nitrogen and oxygen atoms in total. The highest BCUT2D eigenvalue weighted by Crippen LogP contribution is 2.12. The van der Waals surface area contributed by atoms with Gasteiger partial charge < -0.3 is 14.6 Å². The number of nitrogens with one attached hydrogen (secondary N) is 1. The van der Waals surface area contributed by atoms with Crippen LogP contribution in [0.4, 0.5) is 0 Å². The molecule has 0 spiro atoms. The predicted octanol–water partition coefficient (Wildman–Crippen LogP) is 2.35. The van der Waals surface area contributed by atoms with Crippen LogP contribution in [0.15, 0.2) is 41.0 Å². The molecule has 3 N–H and O–H groups in total. The lowest BCUT2D eigenvalue weighted by atomic mass is 10.0. The van der Waals surface area contributed by atoms with Gasteiger partial charge in [0.1, 0.15) is 18.3 Å². The third kappa shape index (κ3) is 6.00. The fourth-order valence-corrected chi connectivity index (χ4v) is 2.68. The lowest BCUT2D eigenvalue weighted by molar-refractivity contribution is -0.143. The number of nitrogens with zero attached hydrogens (tertiary/aromatic N) is 1. The van der Waals surface area contributed by atoms with Crippen LogP contribution in [-0.4, -0.2) is 39.2 Å². The van der Waals surface area contributed by atoms with E-state index < -0.39 is 24.0 Å². The van der Waals surface area contributed by atoms with Crippen LogP contribution in [0.2, 0.25) is 0 Å². The summed E-state index contributed by atoms with van der Waals surface area (Å²) in [7, 11) is 0. The van der Waals surface area contributed by atoms with Crippen LogP contribution in [0, 0.1) is 5.92 Å². The van der Waals surface area contributed by atoms with Crippen molar-refractivity contribution < 1.29 is 24.2 Å². The Morgan fingerprint density at radius 2 is 1.77 bits per heavy atom. The Kier molecular flexibility index (Phi) is 6.91. The molecule has 0 aliphatic rings. The van der Waals surface area contributed by atoms with E-state index in [0.29, 0.717) is 18.5 Å². The molecule has 0 amide bonds. The Morgan fingerprint density at radius 3 is 2.35 bits per heavy atom. The van der Waals surface area contributed by atoms with E-state index >= 15 is 0 Å². The zero-order chi connectivity index (χ0) is 19.1. The predicted molar refractivity (Wildman–Crippen MR) is 94.9 cm³/mol. The molecule has 1 aromatic carbocycles. The van der Waals surface area contributed by atoms with Gasteiger partial charge in [-0.2, -0.15) is 0 Å². The van der Waals surface area contributed by atoms with Crippen molar-refractivity contribution in [2.45, 2.75) is 45.2 Å². The summed E-state index contributed by atoms with van der Waals surface area (Å²) >= 11 is 0. The van der Waals surface area contributed by atoms with Gasteiger partial charge >= 0.3 is 11.9 Å². The van der Waals surface area contributed by atoms with Crippen molar-refractivity contribution in [2.24, 2.45) is 5.92 Å². The minimum Gasteiger partial charge on any atom is -0.480 e. The third-order valence-corrected chi connectivity index (χ3v) is 3.91. The quantitative estimate of drug-likeness (QED) is 0.596. The third-order valence-electron chi connectivity index (χ3n) is 3.91. The summed E-state index contributed by atoms with van der Waals surface area (Å²) < 4.78 is 5.38. The normalized spacial score (nSPS) is 13.5. The van der Waals surface area contributed by atoms with Crippen LogP contribution >= 0.6 is 0 Å². The minimum absolute atomic E-state index is 0.0218. The van der Waals surface area contributed by atoms with Gasteiger partial charge in [-0.3, -0.25) is 14.9 Å². The number of rotatable bonds is 10. The standard InChI is InChI=1S/C19H24N2O5/c1-12(2)8-15(18(22)23)21-16(19(24)25)10-17-20-14(11-26-17)9-13-6-4-3-5-7-13/h3-7,11-12,15-16,21H,8-10H2,1-2H3,(H,22,23)(H,24,25)/t15-,16-/m0/s1. The molecule has 0 aliphatic heterocycles. The maximum Gasteiger partial charge on any atom is 0.321 e. The van der Waals surface area contributed by atoms with E-state index in [1.807, 2.05) is 44.2 Å². The molecule has 0 bridgehead atoms. The number of carbonyl (C=O) groups is 2. The molecule has 1 heterocycles. The monoisotopic (exact) mass is 360 g/mol. The molecular weight excluding hydrogens is 336 g/mol. The lowest BCUT2D eigenvalue weighted by Crippen LogP contribution is -2.48. The van der Waals surface area contributed by atoms with Crippen LogP contribution in [-0.2, 0) is 22.4 Å². The fraction of sp³-hybridized carbons (Fsp3) is 0.421. The molecule has 2 atom stereocenters. The maximum atomic E-state index is 11.5. The van der Waals surface area contributed by atoms with Gasteiger partial charge in [-0.1, -0.05) is 44.2 Å². The van der Waals surface area contributed by atoms with Crippen LogP contribution in [0.1, 0.15) is 37.4 Å². The summed E-state index contributed by atoms with van der Waals surface area (Å²) in [5.41, 5.74) is 1.77. The Labute approximate surface area is 152 Å². The zero-order valence-electron chi connectivity index (χ0n) is 14.9.